The predicted octanol–water partition coefficient (Wildman–Crippen LogP) is 3.93. The molecule has 0 spiro atoms. The second-order valence-electron chi connectivity index (χ2n) is 7.79. The zero-order chi connectivity index (χ0) is 15.6. The van der Waals surface area contributed by atoms with Crippen LogP contribution in [-0.4, -0.2) is 11.6 Å². The zero-order valence-electron chi connectivity index (χ0n) is 14.0. The summed E-state index contributed by atoms with van der Waals surface area (Å²) in [5.41, 5.74) is 14.7. The van der Waals surface area contributed by atoms with E-state index in [9.17, 15) is 0 Å². The minimum Gasteiger partial charge on any atom is -0.328 e. The molecule has 2 nitrogen and oxygen atoms in total. The first-order chi connectivity index (χ1) is 9.01. The first-order valence-electron chi connectivity index (χ1n) is 7.66. The van der Waals surface area contributed by atoms with Gasteiger partial charge in [-0.05, 0) is 56.1 Å². The van der Waals surface area contributed by atoms with E-state index in [1.807, 2.05) is 0 Å². The number of nitrogens with two attached hydrogens (primary N) is 2. The van der Waals surface area contributed by atoms with E-state index in [4.69, 9.17) is 11.5 Å². The number of rotatable bonds is 6. The van der Waals surface area contributed by atoms with Gasteiger partial charge in [-0.3, -0.25) is 0 Å². The lowest BCUT2D eigenvalue weighted by molar-refractivity contribution is 0.350. The van der Waals surface area contributed by atoms with Gasteiger partial charge in [-0.15, -0.1) is 0 Å². The van der Waals surface area contributed by atoms with Crippen LogP contribution in [0.5, 0.6) is 0 Å². The third kappa shape index (κ3) is 5.26. The van der Waals surface area contributed by atoms with Crippen molar-refractivity contribution < 1.29 is 0 Å². The highest BCUT2D eigenvalue weighted by atomic mass is 14.7. The molecule has 0 bridgehead atoms. The number of benzene rings is 1. The van der Waals surface area contributed by atoms with Gasteiger partial charge < -0.3 is 11.5 Å². The SMILES string of the molecule is CC(N)CC(C)c1ccc(C(C)(C)CC(C)(C)N)cc1. The third-order valence-electron chi connectivity index (χ3n) is 3.88. The van der Waals surface area contributed by atoms with E-state index in [0.29, 0.717) is 5.92 Å². The minimum absolute atomic E-state index is 0.0984. The molecule has 1 aromatic rings. The maximum Gasteiger partial charge on any atom is 0.0105 e. The van der Waals surface area contributed by atoms with Gasteiger partial charge in [0.2, 0.25) is 0 Å². The summed E-state index contributed by atoms with van der Waals surface area (Å²) in [5.74, 6) is 0.512. The molecule has 0 aliphatic rings. The Hall–Kier alpha value is -0.860. The molecule has 0 heterocycles. The van der Waals surface area contributed by atoms with Crippen molar-refractivity contribution in [2.45, 2.75) is 77.3 Å². The Bertz CT molecular complexity index is 410. The summed E-state index contributed by atoms with van der Waals surface area (Å²) in [6, 6.07) is 9.23. The third-order valence-corrected chi connectivity index (χ3v) is 3.88. The van der Waals surface area contributed by atoms with Crippen molar-refractivity contribution in [2.24, 2.45) is 11.5 Å². The van der Waals surface area contributed by atoms with Gasteiger partial charge >= 0.3 is 0 Å². The Kier molecular flexibility index (Phi) is 5.39. The van der Waals surface area contributed by atoms with E-state index in [1.54, 1.807) is 0 Å². The summed E-state index contributed by atoms with van der Waals surface area (Å²) < 4.78 is 0. The van der Waals surface area contributed by atoms with Crippen LogP contribution < -0.4 is 11.5 Å². The number of hydrogen-bond acceptors (Lipinski definition) is 2. The summed E-state index contributed by atoms with van der Waals surface area (Å²) in [7, 11) is 0. The van der Waals surface area contributed by atoms with Gasteiger partial charge in [0.15, 0.2) is 0 Å². The highest BCUT2D eigenvalue weighted by Gasteiger charge is 2.27. The van der Waals surface area contributed by atoms with E-state index < -0.39 is 0 Å². The summed E-state index contributed by atoms with van der Waals surface area (Å²) in [6.45, 7) is 13.0. The lowest BCUT2D eigenvalue weighted by Crippen LogP contribution is -2.39. The van der Waals surface area contributed by atoms with Crippen molar-refractivity contribution in [2.75, 3.05) is 0 Å². The molecule has 2 atom stereocenters. The van der Waals surface area contributed by atoms with Gasteiger partial charge in [-0.2, -0.15) is 0 Å². The molecule has 0 saturated carbocycles. The molecule has 0 saturated heterocycles. The van der Waals surface area contributed by atoms with Crippen LogP contribution >= 0.6 is 0 Å². The minimum atomic E-state index is -0.148. The number of hydrogen-bond donors (Lipinski definition) is 2. The molecule has 4 N–H and O–H groups in total. The van der Waals surface area contributed by atoms with Crippen molar-refractivity contribution in [1.29, 1.82) is 0 Å². The Morgan fingerprint density at radius 2 is 1.50 bits per heavy atom. The van der Waals surface area contributed by atoms with Crippen LogP contribution in [0, 0.1) is 0 Å². The van der Waals surface area contributed by atoms with E-state index in [2.05, 4.69) is 65.8 Å². The molecule has 2 heteroatoms. The monoisotopic (exact) mass is 276 g/mol. The quantitative estimate of drug-likeness (QED) is 0.827. The largest absolute Gasteiger partial charge is 0.328 e. The highest BCUT2D eigenvalue weighted by molar-refractivity contribution is 5.30. The van der Waals surface area contributed by atoms with Crippen molar-refractivity contribution in [3.8, 4) is 0 Å². The van der Waals surface area contributed by atoms with Crippen molar-refractivity contribution in [3.05, 3.63) is 35.4 Å². The van der Waals surface area contributed by atoms with Crippen molar-refractivity contribution in [3.63, 3.8) is 0 Å². The van der Waals surface area contributed by atoms with Crippen molar-refractivity contribution >= 4 is 0 Å². The van der Waals surface area contributed by atoms with E-state index in [1.165, 1.54) is 11.1 Å². The van der Waals surface area contributed by atoms with Gasteiger partial charge in [-0.1, -0.05) is 45.0 Å². The molecule has 0 amide bonds. The first kappa shape index (κ1) is 17.2. The average molecular weight is 276 g/mol. The molecule has 2 unspecified atom stereocenters. The topological polar surface area (TPSA) is 52.0 Å². The van der Waals surface area contributed by atoms with Crippen LogP contribution in [0.4, 0.5) is 0 Å². The van der Waals surface area contributed by atoms with Crippen molar-refractivity contribution in [1.82, 2.24) is 0 Å². The van der Waals surface area contributed by atoms with E-state index >= 15 is 0 Å². The fourth-order valence-corrected chi connectivity index (χ4v) is 3.20. The Labute approximate surface area is 124 Å². The van der Waals surface area contributed by atoms with Crippen LogP contribution in [0.2, 0.25) is 0 Å². The van der Waals surface area contributed by atoms with Gasteiger partial charge in [0.1, 0.15) is 0 Å². The van der Waals surface area contributed by atoms with Gasteiger partial charge in [0, 0.05) is 11.6 Å². The standard InChI is InChI=1S/C18H32N2/c1-13(11-14(2)19)15-7-9-16(10-8-15)17(3,4)12-18(5,6)20/h7-10,13-14H,11-12,19-20H2,1-6H3. The molecule has 0 aromatic heterocycles. The van der Waals surface area contributed by atoms with Gasteiger partial charge in [0.05, 0.1) is 0 Å². The average Bonchev–Trinajstić information content (AvgIpc) is 2.25. The molecule has 1 aromatic carbocycles. The fraction of sp³-hybridized carbons (Fsp3) is 0.667. The molecular weight excluding hydrogens is 244 g/mol. The smallest absolute Gasteiger partial charge is 0.0105 e. The fourth-order valence-electron chi connectivity index (χ4n) is 3.20. The van der Waals surface area contributed by atoms with Crippen LogP contribution in [0.1, 0.15) is 71.4 Å². The Morgan fingerprint density at radius 1 is 1.00 bits per heavy atom. The predicted molar refractivity (Wildman–Crippen MR) is 89.0 cm³/mol. The summed E-state index contributed by atoms with van der Waals surface area (Å²) in [5, 5.41) is 0. The van der Waals surface area contributed by atoms with Crippen LogP contribution in [-0.2, 0) is 5.41 Å². The molecule has 20 heavy (non-hydrogen) atoms. The summed E-state index contributed by atoms with van der Waals surface area (Å²) >= 11 is 0. The first-order valence-corrected chi connectivity index (χ1v) is 7.66. The Balaban J connectivity index is 2.85. The van der Waals surface area contributed by atoms with Gasteiger partial charge in [-0.25, -0.2) is 0 Å². The summed E-state index contributed by atoms with van der Waals surface area (Å²) in [4.78, 5) is 0. The second kappa shape index (κ2) is 6.28. The second-order valence-corrected chi connectivity index (χ2v) is 7.79. The maximum absolute atomic E-state index is 6.18. The lowest BCUT2D eigenvalue weighted by atomic mass is 9.75. The van der Waals surface area contributed by atoms with Crippen LogP contribution in [0.15, 0.2) is 24.3 Å². The van der Waals surface area contributed by atoms with E-state index in [0.717, 1.165) is 12.8 Å². The van der Waals surface area contributed by atoms with Gasteiger partial charge in [0.25, 0.3) is 0 Å². The maximum atomic E-state index is 6.18. The molecular formula is C18H32N2. The highest BCUT2D eigenvalue weighted by Crippen LogP contribution is 2.32. The molecule has 114 valence electrons. The lowest BCUT2D eigenvalue weighted by Gasteiger charge is -2.33. The van der Waals surface area contributed by atoms with E-state index in [-0.39, 0.29) is 17.0 Å². The normalized spacial score (nSPS) is 16.0. The molecule has 0 fully saturated rings. The molecule has 0 aliphatic heterocycles. The molecule has 0 aliphatic carbocycles. The Morgan fingerprint density at radius 3 is 1.90 bits per heavy atom. The zero-order valence-corrected chi connectivity index (χ0v) is 14.0. The molecule has 1 rings (SSSR count). The molecule has 0 radical (unpaired) electrons. The summed E-state index contributed by atoms with van der Waals surface area (Å²) in [6.07, 6.45) is 1.99. The van der Waals surface area contributed by atoms with Crippen LogP contribution in [0.3, 0.4) is 0 Å². The van der Waals surface area contributed by atoms with Crippen LogP contribution in [0.25, 0.3) is 0 Å².